The van der Waals surface area contributed by atoms with E-state index in [1.807, 2.05) is 30.3 Å². The van der Waals surface area contributed by atoms with Crippen molar-refractivity contribution in [2.24, 2.45) is 0 Å². The smallest absolute Gasteiger partial charge is 0.119 e. The Kier molecular flexibility index (Phi) is 3.23. The zero-order valence-electron chi connectivity index (χ0n) is 11.4. The van der Waals surface area contributed by atoms with Crippen molar-refractivity contribution in [3.63, 3.8) is 0 Å². The predicted molar refractivity (Wildman–Crippen MR) is 79.3 cm³/mol. The number of aromatic nitrogens is 2. The summed E-state index contributed by atoms with van der Waals surface area (Å²) in [5, 5.41) is 26.2. The summed E-state index contributed by atoms with van der Waals surface area (Å²) in [6.07, 6.45) is 0. The second-order valence-electron chi connectivity index (χ2n) is 4.63. The Morgan fingerprint density at radius 2 is 1.57 bits per heavy atom. The first kappa shape index (κ1) is 13.1. The van der Waals surface area contributed by atoms with E-state index in [9.17, 15) is 10.2 Å². The van der Waals surface area contributed by atoms with Gasteiger partial charge in [-0.05, 0) is 48.0 Å². The van der Waals surface area contributed by atoms with E-state index in [1.54, 1.807) is 19.2 Å². The van der Waals surface area contributed by atoms with Crippen LogP contribution >= 0.6 is 0 Å². The van der Waals surface area contributed by atoms with E-state index in [2.05, 4.69) is 10.2 Å². The molecule has 0 amide bonds. The lowest BCUT2D eigenvalue weighted by molar-refractivity contribution is 0.415. The Bertz CT molecular complexity index is 743. The first-order valence-corrected chi connectivity index (χ1v) is 6.39. The highest BCUT2D eigenvalue weighted by Gasteiger charge is 2.08. The van der Waals surface area contributed by atoms with Gasteiger partial charge in [0.1, 0.15) is 17.2 Å². The number of hydrogen-bond donors (Lipinski definition) is 3. The van der Waals surface area contributed by atoms with Gasteiger partial charge in [-0.2, -0.15) is 5.10 Å². The van der Waals surface area contributed by atoms with E-state index in [1.165, 1.54) is 6.07 Å². The summed E-state index contributed by atoms with van der Waals surface area (Å²) in [5.74, 6) is 0.786. The molecule has 1 aromatic heterocycles. The molecule has 0 radical (unpaired) electrons. The number of phenols is 2. The van der Waals surface area contributed by atoms with Crippen LogP contribution in [0.25, 0.3) is 22.5 Å². The lowest BCUT2D eigenvalue weighted by Crippen LogP contribution is -1.82. The average molecular weight is 282 g/mol. The molecule has 3 N–H and O–H groups in total. The summed E-state index contributed by atoms with van der Waals surface area (Å²) >= 11 is 0. The maximum atomic E-state index is 9.52. The molecule has 0 fully saturated rings. The summed E-state index contributed by atoms with van der Waals surface area (Å²) in [7, 11) is 1.62. The summed E-state index contributed by atoms with van der Waals surface area (Å²) in [4.78, 5) is 0. The minimum Gasteiger partial charge on any atom is -0.508 e. The zero-order valence-corrected chi connectivity index (χ0v) is 11.4. The maximum absolute atomic E-state index is 9.52. The van der Waals surface area contributed by atoms with Gasteiger partial charge in [0.15, 0.2) is 0 Å². The van der Waals surface area contributed by atoms with Gasteiger partial charge in [0, 0.05) is 11.6 Å². The molecule has 0 aliphatic carbocycles. The fourth-order valence-electron chi connectivity index (χ4n) is 2.13. The van der Waals surface area contributed by atoms with Crippen molar-refractivity contribution in [1.29, 1.82) is 0 Å². The number of phenolic OH excluding ortho intramolecular Hbond substituents is 2. The van der Waals surface area contributed by atoms with Crippen LogP contribution < -0.4 is 4.74 Å². The van der Waals surface area contributed by atoms with Crippen LogP contribution in [0.1, 0.15) is 0 Å². The summed E-state index contributed by atoms with van der Waals surface area (Å²) in [5.41, 5.74) is 3.10. The van der Waals surface area contributed by atoms with Crippen molar-refractivity contribution in [3.05, 3.63) is 48.5 Å². The molecule has 3 rings (SSSR count). The van der Waals surface area contributed by atoms with Crippen LogP contribution in [0.3, 0.4) is 0 Å². The maximum Gasteiger partial charge on any atom is 0.119 e. The molecule has 5 heteroatoms. The monoisotopic (exact) mass is 282 g/mol. The molecule has 0 bridgehead atoms. The van der Waals surface area contributed by atoms with Crippen LogP contribution in [-0.2, 0) is 0 Å². The van der Waals surface area contributed by atoms with E-state index in [-0.39, 0.29) is 11.5 Å². The second kappa shape index (κ2) is 5.20. The molecule has 21 heavy (non-hydrogen) atoms. The fraction of sp³-hybridized carbons (Fsp3) is 0.0625. The van der Waals surface area contributed by atoms with Crippen LogP contribution in [0.5, 0.6) is 17.2 Å². The van der Waals surface area contributed by atoms with Crippen molar-refractivity contribution in [2.45, 2.75) is 0 Å². The lowest BCUT2D eigenvalue weighted by Gasteiger charge is -2.01. The van der Waals surface area contributed by atoms with E-state index < -0.39 is 0 Å². The largest absolute Gasteiger partial charge is 0.508 e. The number of aromatic amines is 1. The number of rotatable bonds is 3. The first-order valence-electron chi connectivity index (χ1n) is 6.39. The molecule has 0 saturated carbocycles. The van der Waals surface area contributed by atoms with E-state index in [4.69, 9.17) is 4.74 Å². The molecule has 0 saturated heterocycles. The van der Waals surface area contributed by atoms with Crippen molar-refractivity contribution < 1.29 is 14.9 Å². The van der Waals surface area contributed by atoms with Gasteiger partial charge in [-0.15, -0.1) is 0 Å². The van der Waals surface area contributed by atoms with Crippen LogP contribution in [0, 0.1) is 0 Å². The van der Waals surface area contributed by atoms with Crippen LogP contribution in [0.15, 0.2) is 48.5 Å². The molecule has 0 atom stereocenters. The molecular weight excluding hydrogens is 268 g/mol. The summed E-state index contributed by atoms with van der Waals surface area (Å²) in [6, 6.07) is 13.8. The second-order valence-corrected chi connectivity index (χ2v) is 4.63. The molecule has 0 aliphatic heterocycles. The highest BCUT2D eigenvalue weighted by molar-refractivity contribution is 5.70. The fourth-order valence-corrected chi connectivity index (χ4v) is 2.13. The zero-order chi connectivity index (χ0) is 14.8. The Labute approximate surface area is 121 Å². The van der Waals surface area contributed by atoms with Gasteiger partial charge in [0.2, 0.25) is 0 Å². The molecule has 0 unspecified atom stereocenters. The number of nitrogens with one attached hydrogen (secondary N) is 1. The van der Waals surface area contributed by atoms with E-state index in [0.29, 0.717) is 11.3 Å². The molecule has 106 valence electrons. The number of hydrogen-bond acceptors (Lipinski definition) is 4. The molecule has 1 heterocycles. The van der Waals surface area contributed by atoms with Gasteiger partial charge in [-0.3, -0.25) is 5.10 Å². The van der Waals surface area contributed by atoms with E-state index in [0.717, 1.165) is 17.0 Å². The Morgan fingerprint density at radius 1 is 0.905 bits per heavy atom. The molecule has 5 nitrogen and oxygen atoms in total. The molecule has 3 aromatic rings. The van der Waals surface area contributed by atoms with Gasteiger partial charge in [0.05, 0.1) is 18.5 Å². The number of nitrogens with zero attached hydrogens (tertiary/aromatic N) is 1. The third-order valence-corrected chi connectivity index (χ3v) is 3.18. The Balaban J connectivity index is 1.95. The molecular formula is C16H14N2O3. The van der Waals surface area contributed by atoms with Gasteiger partial charge in [-0.25, -0.2) is 0 Å². The number of ether oxygens (including phenoxy) is 1. The normalized spacial score (nSPS) is 10.5. The van der Waals surface area contributed by atoms with Crippen molar-refractivity contribution in [3.8, 4) is 39.8 Å². The van der Waals surface area contributed by atoms with Gasteiger partial charge in [0.25, 0.3) is 0 Å². The van der Waals surface area contributed by atoms with Gasteiger partial charge < -0.3 is 14.9 Å². The number of methoxy groups -OCH3 is 1. The van der Waals surface area contributed by atoms with Crippen molar-refractivity contribution >= 4 is 0 Å². The van der Waals surface area contributed by atoms with Crippen LogP contribution in [-0.4, -0.2) is 27.5 Å². The number of H-pyrrole nitrogens is 1. The van der Waals surface area contributed by atoms with Crippen molar-refractivity contribution in [2.75, 3.05) is 7.11 Å². The Hall–Kier alpha value is -2.95. The number of aromatic hydroxyl groups is 2. The average Bonchev–Trinajstić information content (AvgIpc) is 2.96. The SMILES string of the molecule is COc1ccc(-c2cc(-c3cc(O)cc(O)c3)n[nH]2)cc1. The number of benzene rings is 2. The van der Waals surface area contributed by atoms with Gasteiger partial charge in [-0.1, -0.05) is 0 Å². The highest BCUT2D eigenvalue weighted by Crippen LogP contribution is 2.30. The summed E-state index contributed by atoms with van der Waals surface area (Å²) < 4.78 is 5.12. The molecule has 2 aromatic carbocycles. The third-order valence-electron chi connectivity index (χ3n) is 3.18. The molecule has 0 aliphatic rings. The minimum atomic E-state index is -0.000928. The van der Waals surface area contributed by atoms with E-state index >= 15 is 0 Å². The third kappa shape index (κ3) is 2.67. The highest BCUT2D eigenvalue weighted by atomic mass is 16.5. The topological polar surface area (TPSA) is 78.4 Å². The molecule has 0 spiro atoms. The van der Waals surface area contributed by atoms with Gasteiger partial charge >= 0.3 is 0 Å². The summed E-state index contributed by atoms with van der Waals surface area (Å²) in [6.45, 7) is 0. The predicted octanol–water partition coefficient (Wildman–Crippen LogP) is 3.16. The Morgan fingerprint density at radius 3 is 2.19 bits per heavy atom. The first-order chi connectivity index (χ1) is 10.2. The quantitative estimate of drug-likeness (QED) is 0.689. The van der Waals surface area contributed by atoms with Crippen molar-refractivity contribution in [1.82, 2.24) is 10.2 Å². The van der Waals surface area contributed by atoms with Crippen LogP contribution in [0.4, 0.5) is 0 Å². The lowest BCUT2D eigenvalue weighted by atomic mass is 10.1. The standard InChI is InChI=1S/C16H14N2O3/c1-21-14-4-2-10(3-5-14)15-9-16(18-17-15)11-6-12(19)8-13(20)7-11/h2-9,19-20H,1H3,(H,17,18). The minimum absolute atomic E-state index is 0.000928. The van der Waals surface area contributed by atoms with Crippen LogP contribution in [0.2, 0.25) is 0 Å².